The van der Waals surface area contributed by atoms with Crippen molar-refractivity contribution in [3.8, 4) is 5.75 Å². The largest absolute Gasteiger partial charge is 0.481 e. The summed E-state index contributed by atoms with van der Waals surface area (Å²) in [5, 5.41) is 15.2. The molecule has 0 aliphatic heterocycles. The first-order chi connectivity index (χ1) is 11.9. The number of carboxylic acids is 1. The molecule has 2 rings (SSSR count). The molecule has 2 aromatic rings. The number of carboxylic acid groups (broad SMARTS) is 1. The lowest BCUT2D eigenvalue weighted by atomic mass is 10.2. The van der Waals surface area contributed by atoms with Crippen molar-refractivity contribution in [2.75, 3.05) is 11.9 Å². The van der Waals surface area contributed by atoms with E-state index in [1.165, 1.54) is 6.21 Å². The number of aliphatic carboxylic acids is 1. The Morgan fingerprint density at radius 3 is 2.64 bits per heavy atom. The van der Waals surface area contributed by atoms with Gasteiger partial charge in [0, 0.05) is 15.7 Å². The summed E-state index contributed by atoms with van der Waals surface area (Å²) in [5.74, 6) is -0.739. The van der Waals surface area contributed by atoms with Crippen LogP contribution in [0.3, 0.4) is 0 Å². The average molecular weight is 406 g/mol. The van der Waals surface area contributed by atoms with Gasteiger partial charge in [-0.05, 0) is 37.3 Å². The number of amides is 2. The zero-order valence-corrected chi connectivity index (χ0v) is 14.9. The van der Waals surface area contributed by atoms with Gasteiger partial charge in [0.2, 0.25) is 0 Å². The number of anilines is 1. The van der Waals surface area contributed by atoms with Crippen molar-refractivity contribution in [1.82, 2.24) is 5.43 Å². The number of carbonyl (C=O) groups excluding carboxylic acids is 1. The zero-order valence-electron chi connectivity index (χ0n) is 13.3. The smallest absolute Gasteiger partial charge is 0.341 e. The summed E-state index contributed by atoms with van der Waals surface area (Å²) in [6.07, 6.45) is 1.37. The molecule has 0 unspecified atom stereocenters. The maximum Gasteiger partial charge on any atom is 0.341 e. The first-order valence-electron chi connectivity index (χ1n) is 7.25. The topological polar surface area (TPSA) is 100 Å². The van der Waals surface area contributed by atoms with Crippen LogP contribution in [0.5, 0.6) is 5.75 Å². The molecule has 0 atom stereocenters. The normalized spacial score (nSPS) is 10.5. The van der Waals surface area contributed by atoms with Crippen LogP contribution in [0.25, 0.3) is 0 Å². The molecule has 0 saturated carbocycles. The lowest BCUT2D eigenvalue weighted by molar-refractivity contribution is -0.139. The van der Waals surface area contributed by atoms with Gasteiger partial charge in [-0.3, -0.25) is 0 Å². The Bertz CT molecular complexity index is 791. The number of carbonyl (C=O) groups is 2. The van der Waals surface area contributed by atoms with E-state index in [0.29, 0.717) is 17.0 Å². The second-order valence-corrected chi connectivity index (χ2v) is 5.97. The van der Waals surface area contributed by atoms with Crippen molar-refractivity contribution in [2.45, 2.75) is 6.92 Å². The van der Waals surface area contributed by atoms with Gasteiger partial charge >= 0.3 is 12.0 Å². The minimum Gasteiger partial charge on any atom is -0.481 e. The molecule has 8 heteroatoms. The van der Waals surface area contributed by atoms with Gasteiger partial charge in [0.05, 0.1) is 6.21 Å². The standard InChI is InChI=1S/C17H16BrN3O4/c1-11-2-5-14(6-3-11)20-17(24)21-19-9-12-8-13(18)4-7-15(12)25-10-16(22)23/h2-9H,10H2,1H3,(H,22,23)(H2,20,21,24)/b19-9+. The number of urea groups is 1. The van der Waals surface area contributed by atoms with E-state index in [4.69, 9.17) is 9.84 Å². The Balaban J connectivity index is 1.98. The van der Waals surface area contributed by atoms with E-state index in [1.807, 2.05) is 19.1 Å². The second kappa shape index (κ2) is 8.84. The Morgan fingerprint density at radius 1 is 1.24 bits per heavy atom. The molecule has 0 heterocycles. The van der Waals surface area contributed by atoms with E-state index in [1.54, 1.807) is 30.3 Å². The fraction of sp³-hybridized carbons (Fsp3) is 0.118. The highest BCUT2D eigenvalue weighted by Crippen LogP contribution is 2.21. The van der Waals surface area contributed by atoms with Crippen molar-refractivity contribution in [2.24, 2.45) is 5.10 Å². The van der Waals surface area contributed by atoms with Crippen LogP contribution < -0.4 is 15.5 Å². The molecule has 7 nitrogen and oxygen atoms in total. The van der Waals surface area contributed by atoms with E-state index < -0.39 is 18.6 Å². The number of benzene rings is 2. The number of ether oxygens (including phenoxy) is 1. The van der Waals surface area contributed by atoms with Gasteiger partial charge in [0.1, 0.15) is 5.75 Å². The molecule has 0 radical (unpaired) electrons. The summed E-state index contributed by atoms with van der Waals surface area (Å²) in [7, 11) is 0. The molecular weight excluding hydrogens is 390 g/mol. The lowest BCUT2D eigenvalue weighted by Crippen LogP contribution is -2.24. The van der Waals surface area contributed by atoms with Gasteiger partial charge < -0.3 is 15.2 Å². The zero-order chi connectivity index (χ0) is 18.2. The number of rotatable bonds is 6. The minimum absolute atomic E-state index is 0.343. The third-order valence-corrected chi connectivity index (χ3v) is 3.50. The number of hydrogen-bond acceptors (Lipinski definition) is 4. The average Bonchev–Trinajstić information content (AvgIpc) is 2.56. The van der Waals surface area contributed by atoms with E-state index in [2.05, 4.69) is 31.8 Å². The van der Waals surface area contributed by atoms with Crippen LogP contribution in [0.4, 0.5) is 10.5 Å². The van der Waals surface area contributed by atoms with E-state index >= 15 is 0 Å². The number of nitrogens with zero attached hydrogens (tertiary/aromatic N) is 1. The van der Waals surface area contributed by atoms with Gasteiger partial charge in [-0.25, -0.2) is 15.0 Å². The fourth-order valence-electron chi connectivity index (χ4n) is 1.85. The molecule has 0 aliphatic carbocycles. The lowest BCUT2D eigenvalue weighted by Gasteiger charge is -2.07. The molecule has 0 saturated heterocycles. The number of hydrogen-bond donors (Lipinski definition) is 3. The van der Waals surface area contributed by atoms with Crippen LogP contribution in [-0.2, 0) is 4.79 Å². The van der Waals surface area contributed by atoms with Gasteiger partial charge in [0.25, 0.3) is 0 Å². The maximum atomic E-state index is 11.8. The number of aryl methyl sites for hydroxylation is 1. The van der Waals surface area contributed by atoms with E-state index in [0.717, 1.165) is 10.0 Å². The molecular formula is C17H16BrN3O4. The van der Waals surface area contributed by atoms with Gasteiger partial charge in [-0.15, -0.1) is 0 Å². The molecule has 0 aromatic heterocycles. The Morgan fingerprint density at radius 2 is 1.96 bits per heavy atom. The maximum absolute atomic E-state index is 11.8. The van der Waals surface area contributed by atoms with E-state index in [9.17, 15) is 9.59 Å². The molecule has 2 aromatic carbocycles. The minimum atomic E-state index is -1.08. The first-order valence-corrected chi connectivity index (χ1v) is 8.04. The predicted octanol–water partition coefficient (Wildman–Crippen LogP) is 3.38. The highest BCUT2D eigenvalue weighted by molar-refractivity contribution is 9.10. The van der Waals surface area contributed by atoms with Crippen molar-refractivity contribution in [3.63, 3.8) is 0 Å². The molecule has 25 heavy (non-hydrogen) atoms. The molecule has 0 aliphatic rings. The second-order valence-electron chi connectivity index (χ2n) is 5.05. The quantitative estimate of drug-likeness (QED) is 0.506. The summed E-state index contributed by atoms with van der Waals surface area (Å²) in [4.78, 5) is 22.4. The third-order valence-electron chi connectivity index (χ3n) is 3.00. The monoisotopic (exact) mass is 405 g/mol. The first kappa shape index (κ1) is 18.5. The number of hydrazone groups is 1. The molecule has 0 fully saturated rings. The molecule has 130 valence electrons. The highest BCUT2D eigenvalue weighted by atomic mass is 79.9. The van der Waals surface area contributed by atoms with Crippen LogP contribution in [0.2, 0.25) is 0 Å². The third kappa shape index (κ3) is 6.27. The van der Waals surface area contributed by atoms with Crippen LogP contribution in [0.1, 0.15) is 11.1 Å². The van der Waals surface area contributed by atoms with Crippen LogP contribution in [0.15, 0.2) is 52.0 Å². The molecule has 0 bridgehead atoms. The fourth-order valence-corrected chi connectivity index (χ4v) is 2.23. The summed E-state index contributed by atoms with van der Waals surface area (Å²) < 4.78 is 5.94. The van der Waals surface area contributed by atoms with Crippen molar-refractivity contribution in [3.05, 3.63) is 58.1 Å². The van der Waals surface area contributed by atoms with Gasteiger partial charge in [0.15, 0.2) is 6.61 Å². The Labute approximate surface area is 152 Å². The van der Waals surface area contributed by atoms with Crippen LogP contribution in [0, 0.1) is 6.92 Å². The Kier molecular flexibility index (Phi) is 6.53. The summed E-state index contributed by atoms with van der Waals surface area (Å²) in [5.41, 5.74) is 4.59. The van der Waals surface area contributed by atoms with Crippen LogP contribution in [-0.4, -0.2) is 29.9 Å². The van der Waals surface area contributed by atoms with E-state index in [-0.39, 0.29) is 0 Å². The summed E-state index contributed by atoms with van der Waals surface area (Å²) in [6.45, 7) is 1.49. The Hall–Kier alpha value is -2.87. The van der Waals surface area contributed by atoms with Crippen molar-refractivity contribution >= 4 is 39.8 Å². The summed E-state index contributed by atoms with van der Waals surface area (Å²) >= 11 is 3.31. The SMILES string of the molecule is Cc1ccc(NC(=O)N/N=C/c2cc(Br)ccc2OCC(=O)O)cc1. The van der Waals surface area contributed by atoms with Crippen molar-refractivity contribution < 1.29 is 19.4 Å². The molecule has 0 spiro atoms. The number of halogens is 1. The predicted molar refractivity (Wildman–Crippen MR) is 98.2 cm³/mol. The van der Waals surface area contributed by atoms with Crippen LogP contribution >= 0.6 is 15.9 Å². The highest BCUT2D eigenvalue weighted by Gasteiger charge is 2.06. The molecule has 2 amide bonds. The molecule has 3 N–H and O–H groups in total. The number of nitrogens with one attached hydrogen (secondary N) is 2. The van der Waals surface area contributed by atoms with Gasteiger partial charge in [-0.2, -0.15) is 5.10 Å². The van der Waals surface area contributed by atoms with Crippen molar-refractivity contribution in [1.29, 1.82) is 0 Å². The van der Waals surface area contributed by atoms with Gasteiger partial charge in [-0.1, -0.05) is 33.6 Å². The summed E-state index contributed by atoms with van der Waals surface area (Å²) in [6, 6.07) is 11.9.